The lowest BCUT2D eigenvalue weighted by atomic mass is 10.0. The summed E-state index contributed by atoms with van der Waals surface area (Å²) >= 11 is 0. The van der Waals surface area contributed by atoms with Crippen LogP contribution in [0.1, 0.15) is 22.8 Å². The number of allylic oxidation sites excluding steroid dienone is 1. The van der Waals surface area contributed by atoms with E-state index in [4.69, 9.17) is 0 Å². The Morgan fingerprint density at radius 2 is 1.71 bits per heavy atom. The van der Waals surface area contributed by atoms with Crippen molar-refractivity contribution >= 4 is 33.5 Å². The van der Waals surface area contributed by atoms with E-state index >= 15 is 0 Å². The molecule has 4 rings (SSSR count). The average molecular weight is 369 g/mol. The molecular weight excluding hydrogens is 350 g/mol. The fourth-order valence-electron chi connectivity index (χ4n) is 3.49. The van der Waals surface area contributed by atoms with Crippen molar-refractivity contribution < 1.29 is 9.90 Å². The summed E-state index contributed by atoms with van der Waals surface area (Å²) in [5, 5.41) is 13.3. The van der Waals surface area contributed by atoms with Gasteiger partial charge in [-0.2, -0.15) is 0 Å². The molecule has 1 aromatic heterocycles. The second-order valence-corrected chi connectivity index (χ2v) is 6.59. The normalized spacial score (nSPS) is 11.5. The quantitative estimate of drug-likeness (QED) is 0.416. The first-order valence-corrected chi connectivity index (χ1v) is 9.16. The molecule has 4 heteroatoms. The number of aromatic nitrogens is 1. The predicted octanol–water partition coefficient (Wildman–Crippen LogP) is 4.78. The van der Waals surface area contributed by atoms with Crippen LogP contribution in [0.4, 0.5) is 0 Å². The van der Waals surface area contributed by atoms with E-state index in [1.54, 1.807) is 30.3 Å². The third kappa shape index (κ3) is 2.99. The van der Waals surface area contributed by atoms with Crippen LogP contribution >= 0.6 is 0 Å². The summed E-state index contributed by atoms with van der Waals surface area (Å²) in [5.41, 5.74) is 0.787. The topological polar surface area (TPSA) is 59.3 Å². The van der Waals surface area contributed by atoms with E-state index in [0.717, 1.165) is 16.3 Å². The lowest BCUT2D eigenvalue weighted by Crippen LogP contribution is -2.26. The van der Waals surface area contributed by atoms with E-state index in [-0.39, 0.29) is 11.3 Å². The lowest BCUT2D eigenvalue weighted by Gasteiger charge is -2.12. The van der Waals surface area contributed by atoms with Crippen LogP contribution in [-0.4, -0.2) is 15.5 Å². The zero-order chi connectivity index (χ0) is 19.7. The molecule has 0 aliphatic heterocycles. The molecule has 3 aromatic carbocycles. The van der Waals surface area contributed by atoms with Gasteiger partial charge in [0.15, 0.2) is 5.78 Å². The zero-order valence-corrected chi connectivity index (χ0v) is 15.4. The van der Waals surface area contributed by atoms with E-state index in [1.165, 1.54) is 10.6 Å². The summed E-state index contributed by atoms with van der Waals surface area (Å²) in [7, 11) is 0. The maximum Gasteiger partial charge on any atom is 0.266 e. The number of ketones is 1. The molecule has 4 aromatic rings. The SMILES string of the molecule is CCn1c(=O)c(C(=O)C=Cc2ccc3ccccc3c2)c(O)c2ccccc21. The maximum atomic E-state index is 12.8. The second kappa shape index (κ2) is 7.16. The minimum absolute atomic E-state index is 0.197. The third-order valence-corrected chi connectivity index (χ3v) is 4.91. The lowest BCUT2D eigenvalue weighted by molar-refractivity contribution is 0.104. The number of para-hydroxylation sites is 1. The van der Waals surface area contributed by atoms with Gasteiger partial charge in [-0.3, -0.25) is 9.59 Å². The molecule has 1 heterocycles. The summed E-state index contributed by atoms with van der Waals surface area (Å²) < 4.78 is 1.51. The number of pyridine rings is 1. The van der Waals surface area contributed by atoms with Crippen molar-refractivity contribution in [1.82, 2.24) is 4.57 Å². The van der Waals surface area contributed by atoms with Gasteiger partial charge in [-0.15, -0.1) is 0 Å². The first-order valence-electron chi connectivity index (χ1n) is 9.16. The van der Waals surface area contributed by atoms with Gasteiger partial charge in [-0.25, -0.2) is 0 Å². The standard InChI is InChI=1S/C24H19NO3/c1-2-25-20-10-6-5-9-19(20)23(27)22(24(25)28)21(26)14-12-16-11-13-17-7-3-4-8-18(17)15-16/h3-15,27H,2H2,1H3. The predicted molar refractivity (Wildman–Crippen MR) is 113 cm³/mol. The highest BCUT2D eigenvalue weighted by Gasteiger charge is 2.19. The molecule has 0 aliphatic carbocycles. The number of benzene rings is 3. The smallest absolute Gasteiger partial charge is 0.266 e. The van der Waals surface area contributed by atoms with Crippen molar-refractivity contribution in [3.63, 3.8) is 0 Å². The highest BCUT2D eigenvalue weighted by Crippen LogP contribution is 2.27. The molecule has 0 amide bonds. The Balaban J connectivity index is 1.78. The van der Waals surface area contributed by atoms with Crippen LogP contribution in [0.2, 0.25) is 0 Å². The van der Waals surface area contributed by atoms with Crippen molar-refractivity contribution in [2.24, 2.45) is 0 Å². The molecule has 0 atom stereocenters. The summed E-state index contributed by atoms with van der Waals surface area (Å²) in [6.07, 6.45) is 3.01. The highest BCUT2D eigenvalue weighted by atomic mass is 16.3. The molecular formula is C24H19NO3. The number of hydrogen-bond donors (Lipinski definition) is 1. The van der Waals surface area contributed by atoms with E-state index in [1.807, 2.05) is 49.4 Å². The van der Waals surface area contributed by atoms with Crippen LogP contribution in [-0.2, 0) is 6.54 Å². The van der Waals surface area contributed by atoms with Crippen LogP contribution in [0.5, 0.6) is 5.75 Å². The van der Waals surface area contributed by atoms with Crippen LogP contribution in [0.15, 0.2) is 77.6 Å². The zero-order valence-electron chi connectivity index (χ0n) is 15.4. The molecule has 4 nitrogen and oxygen atoms in total. The number of rotatable bonds is 4. The number of nitrogens with zero attached hydrogens (tertiary/aromatic N) is 1. The molecule has 0 unspecified atom stereocenters. The van der Waals surface area contributed by atoms with Gasteiger partial charge in [-0.05, 0) is 47.5 Å². The van der Waals surface area contributed by atoms with Crippen LogP contribution in [0.3, 0.4) is 0 Å². The van der Waals surface area contributed by atoms with Crippen molar-refractivity contribution in [2.45, 2.75) is 13.5 Å². The van der Waals surface area contributed by atoms with E-state index in [9.17, 15) is 14.7 Å². The number of fused-ring (bicyclic) bond motifs is 2. The largest absolute Gasteiger partial charge is 0.506 e. The first kappa shape index (κ1) is 17.7. The van der Waals surface area contributed by atoms with Crippen LogP contribution in [0.25, 0.3) is 27.8 Å². The van der Waals surface area contributed by atoms with Crippen molar-refractivity contribution in [3.05, 3.63) is 94.3 Å². The third-order valence-electron chi connectivity index (χ3n) is 4.91. The van der Waals surface area contributed by atoms with Crippen molar-refractivity contribution in [2.75, 3.05) is 0 Å². The fourth-order valence-corrected chi connectivity index (χ4v) is 3.49. The van der Waals surface area contributed by atoms with E-state index < -0.39 is 11.3 Å². The Hall–Kier alpha value is -3.66. The number of carbonyl (C=O) groups is 1. The van der Waals surface area contributed by atoms with Crippen LogP contribution < -0.4 is 5.56 Å². The Labute approximate surface area is 162 Å². The Kier molecular flexibility index (Phi) is 4.53. The van der Waals surface area contributed by atoms with Gasteiger partial charge in [0.25, 0.3) is 5.56 Å². The summed E-state index contributed by atoms with van der Waals surface area (Å²) in [4.78, 5) is 25.6. The number of aryl methyl sites for hydroxylation is 1. The summed E-state index contributed by atoms with van der Waals surface area (Å²) in [6, 6.07) is 20.9. The van der Waals surface area contributed by atoms with Gasteiger partial charge in [0.1, 0.15) is 11.3 Å². The average Bonchev–Trinajstić information content (AvgIpc) is 2.72. The minimum atomic E-state index is -0.511. The van der Waals surface area contributed by atoms with Gasteiger partial charge in [0, 0.05) is 11.9 Å². The van der Waals surface area contributed by atoms with Crippen molar-refractivity contribution in [3.8, 4) is 5.75 Å². The van der Waals surface area contributed by atoms with Gasteiger partial charge < -0.3 is 9.67 Å². The molecule has 28 heavy (non-hydrogen) atoms. The molecule has 0 spiro atoms. The molecule has 0 radical (unpaired) electrons. The highest BCUT2D eigenvalue weighted by molar-refractivity contribution is 6.11. The summed E-state index contributed by atoms with van der Waals surface area (Å²) in [5.74, 6) is -0.776. The van der Waals surface area contributed by atoms with Gasteiger partial charge in [0.05, 0.1) is 5.52 Å². The first-order chi connectivity index (χ1) is 13.6. The molecule has 0 aliphatic rings. The molecule has 138 valence electrons. The monoisotopic (exact) mass is 369 g/mol. The number of hydrogen-bond acceptors (Lipinski definition) is 3. The van der Waals surface area contributed by atoms with E-state index in [0.29, 0.717) is 17.4 Å². The summed E-state index contributed by atoms with van der Waals surface area (Å²) in [6.45, 7) is 2.25. The van der Waals surface area contributed by atoms with Gasteiger partial charge in [0.2, 0.25) is 0 Å². The molecule has 1 N–H and O–H groups in total. The molecule has 0 fully saturated rings. The van der Waals surface area contributed by atoms with Crippen molar-refractivity contribution in [1.29, 1.82) is 0 Å². The van der Waals surface area contributed by atoms with Gasteiger partial charge >= 0.3 is 0 Å². The molecule has 0 saturated heterocycles. The van der Waals surface area contributed by atoms with Gasteiger partial charge in [-0.1, -0.05) is 54.6 Å². The minimum Gasteiger partial charge on any atom is -0.506 e. The second-order valence-electron chi connectivity index (χ2n) is 6.59. The Morgan fingerprint density at radius 3 is 2.50 bits per heavy atom. The van der Waals surface area contributed by atoms with Crippen LogP contribution in [0, 0.1) is 0 Å². The fraction of sp³-hybridized carbons (Fsp3) is 0.0833. The maximum absolute atomic E-state index is 12.8. The Bertz CT molecular complexity index is 1300. The van der Waals surface area contributed by atoms with E-state index in [2.05, 4.69) is 0 Å². The Morgan fingerprint density at radius 1 is 1.00 bits per heavy atom. The molecule has 0 saturated carbocycles. The number of carbonyl (C=O) groups excluding carboxylic acids is 1. The number of aromatic hydroxyl groups is 1. The molecule has 0 bridgehead atoms.